The van der Waals surface area contributed by atoms with Gasteiger partial charge in [-0.1, -0.05) is 0 Å². The molecule has 4 rings (SSSR count). The highest BCUT2D eigenvalue weighted by atomic mass is 16.6. The van der Waals surface area contributed by atoms with Crippen LogP contribution in [0.5, 0.6) is 11.5 Å². The molecule has 1 aromatic heterocycles. The van der Waals surface area contributed by atoms with E-state index in [1.54, 1.807) is 24.3 Å². The van der Waals surface area contributed by atoms with Gasteiger partial charge in [-0.05, 0) is 43.3 Å². The highest BCUT2D eigenvalue weighted by molar-refractivity contribution is 6.04. The van der Waals surface area contributed by atoms with Crippen LogP contribution in [-0.4, -0.2) is 34.9 Å². The van der Waals surface area contributed by atoms with Gasteiger partial charge < -0.3 is 20.1 Å². The number of carbonyl (C=O) groups is 2. The molecule has 1 aliphatic heterocycles. The largest absolute Gasteiger partial charge is 0.486 e. The molecule has 0 bridgehead atoms. The molecule has 2 N–H and O–H groups in total. The molecule has 2 aromatic carbocycles. The van der Waals surface area contributed by atoms with Crippen LogP contribution in [0.15, 0.2) is 54.9 Å². The van der Waals surface area contributed by atoms with E-state index in [4.69, 9.17) is 9.47 Å². The molecule has 146 valence electrons. The molecule has 29 heavy (non-hydrogen) atoms. The van der Waals surface area contributed by atoms with Crippen molar-refractivity contribution >= 4 is 29.0 Å². The van der Waals surface area contributed by atoms with E-state index in [0.717, 1.165) is 5.69 Å². The highest BCUT2D eigenvalue weighted by Crippen LogP contribution is 2.33. The lowest BCUT2D eigenvalue weighted by atomic mass is 10.1. The minimum atomic E-state index is -0.341. The fraction of sp³-hybridized carbons (Fsp3) is 0.143. The smallest absolute Gasteiger partial charge is 0.258 e. The summed E-state index contributed by atoms with van der Waals surface area (Å²) in [6, 6.07) is 12.1. The predicted octanol–water partition coefficient (Wildman–Crippen LogP) is 3.45. The fourth-order valence-corrected chi connectivity index (χ4v) is 2.75. The molecule has 0 unspecified atom stereocenters. The van der Waals surface area contributed by atoms with Gasteiger partial charge in [0, 0.05) is 35.4 Å². The number of carbonyl (C=O) groups excluding carboxylic acids is 2. The maximum absolute atomic E-state index is 12.4. The van der Waals surface area contributed by atoms with Gasteiger partial charge >= 0.3 is 0 Å². The number of ether oxygens (including phenoxy) is 2. The quantitative estimate of drug-likeness (QED) is 0.643. The molecular formula is C21H18N4O4. The zero-order valence-electron chi connectivity index (χ0n) is 15.6. The SMILES string of the molecule is CC(=O)c1ccc(NC(=O)c2cnc(Nc3ccc4c(c3)OCCO4)nc2)cc1. The maximum atomic E-state index is 12.4. The van der Waals surface area contributed by atoms with Crippen LogP contribution in [-0.2, 0) is 0 Å². The van der Waals surface area contributed by atoms with Crippen LogP contribution in [0.1, 0.15) is 27.6 Å². The van der Waals surface area contributed by atoms with Crippen LogP contribution in [0, 0.1) is 0 Å². The van der Waals surface area contributed by atoms with Crippen LogP contribution in [0.25, 0.3) is 0 Å². The van der Waals surface area contributed by atoms with Crippen LogP contribution < -0.4 is 20.1 Å². The Morgan fingerprint density at radius 2 is 1.52 bits per heavy atom. The Morgan fingerprint density at radius 1 is 0.862 bits per heavy atom. The van der Waals surface area contributed by atoms with Crippen molar-refractivity contribution in [1.29, 1.82) is 0 Å². The summed E-state index contributed by atoms with van der Waals surface area (Å²) in [5.41, 5.74) is 2.23. The van der Waals surface area contributed by atoms with E-state index in [1.807, 2.05) is 18.2 Å². The van der Waals surface area contributed by atoms with Crippen molar-refractivity contribution in [2.24, 2.45) is 0 Å². The number of benzene rings is 2. The number of ketones is 1. The summed E-state index contributed by atoms with van der Waals surface area (Å²) < 4.78 is 11.0. The first-order chi connectivity index (χ1) is 14.1. The van der Waals surface area contributed by atoms with Gasteiger partial charge in [0.05, 0.1) is 5.56 Å². The molecule has 1 amide bonds. The lowest BCUT2D eigenvalue weighted by Crippen LogP contribution is -2.15. The molecule has 8 nitrogen and oxygen atoms in total. The summed E-state index contributed by atoms with van der Waals surface area (Å²) in [6.45, 7) is 2.53. The van der Waals surface area contributed by atoms with Gasteiger partial charge in [-0.3, -0.25) is 9.59 Å². The number of Topliss-reactive ketones (excluding diaryl/α,β-unsaturated/α-hetero) is 1. The van der Waals surface area contributed by atoms with Gasteiger partial charge in [-0.25, -0.2) is 9.97 Å². The second kappa shape index (κ2) is 7.97. The minimum Gasteiger partial charge on any atom is -0.486 e. The van der Waals surface area contributed by atoms with Gasteiger partial charge in [-0.2, -0.15) is 0 Å². The summed E-state index contributed by atoms with van der Waals surface area (Å²) >= 11 is 0. The highest BCUT2D eigenvalue weighted by Gasteiger charge is 2.13. The third kappa shape index (κ3) is 4.32. The molecule has 2 heterocycles. The minimum absolute atomic E-state index is 0.0302. The van der Waals surface area contributed by atoms with Crippen molar-refractivity contribution in [3.8, 4) is 11.5 Å². The van der Waals surface area contributed by atoms with Crippen LogP contribution in [0.2, 0.25) is 0 Å². The Kier molecular flexibility index (Phi) is 5.07. The van der Waals surface area contributed by atoms with Crippen LogP contribution >= 0.6 is 0 Å². The first-order valence-electron chi connectivity index (χ1n) is 8.99. The molecule has 0 fully saturated rings. The van der Waals surface area contributed by atoms with Gasteiger partial charge in [0.25, 0.3) is 5.91 Å². The van der Waals surface area contributed by atoms with Gasteiger partial charge in [0.1, 0.15) is 13.2 Å². The van der Waals surface area contributed by atoms with E-state index in [-0.39, 0.29) is 11.7 Å². The first kappa shape index (κ1) is 18.4. The average Bonchev–Trinajstić information content (AvgIpc) is 2.74. The Morgan fingerprint density at radius 3 is 2.21 bits per heavy atom. The summed E-state index contributed by atoms with van der Waals surface area (Å²) in [6.07, 6.45) is 2.87. The van der Waals surface area contributed by atoms with Crippen molar-refractivity contribution in [1.82, 2.24) is 9.97 Å². The Balaban J connectivity index is 1.40. The number of nitrogens with one attached hydrogen (secondary N) is 2. The molecule has 0 radical (unpaired) electrons. The van der Waals surface area contributed by atoms with E-state index in [2.05, 4.69) is 20.6 Å². The van der Waals surface area contributed by atoms with E-state index in [1.165, 1.54) is 19.3 Å². The number of anilines is 3. The Labute approximate surface area is 166 Å². The van der Waals surface area contributed by atoms with Crippen molar-refractivity contribution in [3.05, 3.63) is 66.0 Å². The molecule has 0 saturated heterocycles. The normalized spacial score (nSPS) is 12.2. The number of fused-ring (bicyclic) bond motifs is 1. The molecule has 3 aromatic rings. The maximum Gasteiger partial charge on any atom is 0.258 e. The molecule has 1 aliphatic rings. The monoisotopic (exact) mass is 390 g/mol. The number of rotatable bonds is 5. The standard InChI is InChI=1S/C21H18N4O4/c1-13(26)14-2-4-16(5-3-14)24-20(27)15-11-22-21(23-12-15)25-17-6-7-18-19(10-17)29-9-8-28-18/h2-7,10-12H,8-9H2,1H3,(H,24,27)(H,22,23,25). The zero-order valence-corrected chi connectivity index (χ0v) is 15.6. The van der Waals surface area contributed by atoms with E-state index in [0.29, 0.717) is 47.5 Å². The molecule has 0 saturated carbocycles. The van der Waals surface area contributed by atoms with Gasteiger partial charge in [0.2, 0.25) is 5.95 Å². The van der Waals surface area contributed by atoms with Crippen molar-refractivity contribution in [3.63, 3.8) is 0 Å². The summed E-state index contributed by atoms with van der Waals surface area (Å²) in [7, 11) is 0. The van der Waals surface area contributed by atoms with Crippen molar-refractivity contribution in [2.75, 3.05) is 23.8 Å². The second-order valence-corrected chi connectivity index (χ2v) is 6.37. The number of amides is 1. The number of hydrogen-bond acceptors (Lipinski definition) is 7. The fourth-order valence-electron chi connectivity index (χ4n) is 2.75. The van der Waals surface area contributed by atoms with Crippen LogP contribution in [0.3, 0.4) is 0 Å². The van der Waals surface area contributed by atoms with Crippen LogP contribution in [0.4, 0.5) is 17.3 Å². The summed E-state index contributed by atoms with van der Waals surface area (Å²) in [5, 5.41) is 5.81. The lowest BCUT2D eigenvalue weighted by molar-refractivity contribution is 0.101. The molecule has 0 spiro atoms. The van der Waals surface area contributed by atoms with E-state index < -0.39 is 0 Å². The third-order valence-corrected chi connectivity index (χ3v) is 4.26. The Bertz CT molecular complexity index is 1050. The molecule has 0 atom stereocenters. The van der Waals surface area contributed by atoms with Gasteiger partial charge in [0.15, 0.2) is 17.3 Å². The van der Waals surface area contributed by atoms with E-state index >= 15 is 0 Å². The molecule has 8 heteroatoms. The number of nitrogens with zero attached hydrogens (tertiary/aromatic N) is 2. The topological polar surface area (TPSA) is 102 Å². The first-order valence-corrected chi connectivity index (χ1v) is 8.99. The van der Waals surface area contributed by atoms with E-state index in [9.17, 15) is 9.59 Å². The predicted molar refractivity (Wildman–Crippen MR) is 107 cm³/mol. The van der Waals surface area contributed by atoms with Gasteiger partial charge in [-0.15, -0.1) is 0 Å². The number of aromatic nitrogens is 2. The second-order valence-electron chi connectivity index (χ2n) is 6.37. The van der Waals surface area contributed by atoms with Crippen molar-refractivity contribution in [2.45, 2.75) is 6.92 Å². The molecule has 0 aliphatic carbocycles. The molecular weight excluding hydrogens is 372 g/mol. The lowest BCUT2D eigenvalue weighted by Gasteiger charge is -2.18. The summed E-state index contributed by atoms with van der Waals surface area (Å²) in [4.78, 5) is 32.0. The number of hydrogen-bond donors (Lipinski definition) is 2. The third-order valence-electron chi connectivity index (χ3n) is 4.26. The Hall–Kier alpha value is -3.94. The van der Waals surface area contributed by atoms with Crippen molar-refractivity contribution < 1.29 is 19.1 Å². The zero-order chi connectivity index (χ0) is 20.2. The summed E-state index contributed by atoms with van der Waals surface area (Å²) in [5.74, 6) is 1.34. The average molecular weight is 390 g/mol.